The first-order valence-electron chi connectivity index (χ1n) is 21.7. The molecule has 0 aliphatic carbocycles. The molecule has 0 unspecified atom stereocenters. The molecule has 18 heteroatoms. The van der Waals surface area contributed by atoms with E-state index in [9.17, 15) is 30.6 Å². The van der Waals surface area contributed by atoms with Gasteiger partial charge in [0.1, 0.15) is 35.9 Å². The van der Waals surface area contributed by atoms with Crippen LogP contribution in [0.1, 0.15) is 92.9 Å². The fourth-order valence-electron chi connectivity index (χ4n) is 8.98. The Bertz CT molecular complexity index is 1440. The van der Waals surface area contributed by atoms with Crippen LogP contribution in [-0.2, 0) is 52.1 Å². The van der Waals surface area contributed by atoms with Crippen molar-refractivity contribution in [3.05, 3.63) is 24.3 Å². The van der Waals surface area contributed by atoms with Crippen LogP contribution < -0.4 is 4.74 Å². The van der Waals surface area contributed by atoms with Gasteiger partial charge in [-0.05, 0) is 78.6 Å². The number of hydrogen-bond acceptors (Lipinski definition) is 18. The summed E-state index contributed by atoms with van der Waals surface area (Å²) in [5, 5.41) is 63.7. The Labute approximate surface area is 351 Å². The van der Waals surface area contributed by atoms with Crippen molar-refractivity contribution >= 4 is 0 Å². The van der Waals surface area contributed by atoms with Crippen LogP contribution in [0.15, 0.2) is 24.3 Å². The third-order valence-corrected chi connectivity index (χ3v) is 12.4. The highest BCUT2D eigenvalue weighted by atomic mass is 16.8. The first-order chi connectivity index (χ1) is 28.6. The standard InChI is InChI=1S/C42H66O18/c1-19-27(44)11-13-34(49-19)58-40-22(4)54-37(17-30(40)47)59-41-24(6)53-36(16-29(41)46)56-31-12-14-33(50-20(31)2)57-32-18-38(51-21(3)39(32)48)60-42-23(5)52-35(15-28(42)45)55-26-9-7-25(43)8-10-26/h7-10,19-24,27-48H,11-18H2,1-6H3/t19-,20-,21+,22+,23+,24+,27-,28+,29+,30+,31-,32+,33-,34-,35-,36-,37-,38-,39+,40+,41+,42+/m0/s1. The SMILES string of the molecule is C[C@@H]1O[C@@H](O[C@@H]2C[C@H](O[C@H]3[C@H](O)C[C@H](Oc4ccc(O)cc4)O[C@@H]3C)O[C@H](C)[C@H]2O)CC[C@@H]1O[C@H]1C[C@@H](O)[C@H](O[C@H]2C[C@@H](O)[C@H](O[C@H]3CC[C@H](O)[C@H](C)O3)[C@@H](C)O2)[C@@H](C)O1. The summed E-state index contributed by atoms with van der Waals surface area (Å²) in [6.45, 7) is 10.8. The van der Waals surface area contributed by atoms with Crippen LogP contribution in [0.3, 0.4) is 0 Å². The maximum absolute atomic E-state index is 11.2. The van der Waals surface area contributed by atoms with Crippen LogP contribution in [0.5, 0.6) is 11.5 Å². The molecule has 6 fully saturated rings. The van der Waals surface area contributed by atoms with Gasteiger partial charge in [0.2, 0.25) is 6.29 Å². The molecule has 6 heterocycles. The number of phenolic OH excluding ortho intramolecular Hbond substituents is 1. The van der Waals surface area contributed by atoms with Gasteiger partial charge in [-0.15, -0.1) is 0 Å². The molecule has 0 amide bonds. The topological polar surface area (TPSA) is 232 Å². The summed E-state index contributed by atoms with van der Waals surface area (Å²) in [7, 11) is 0. The predicted octanol–water partition coefficient (Wildman–Crippen LogP) is 2.09. The lowest BCUT2D eigenvalue weighted by Gasteiger charge is -2.45. The van der Waals surface area contributed by atoms with Crippen molar-refractivity contribution in [2.45, 2.75) is 228 Å². The number of rotatable bonds is 12. The van der Waals surface area contributed by atoms with E-state index in [2.05, 4.69) is 0 Å². The van der Waals surface area contributed by atoms with Crippen LogP contribution >= 0.6 is 0 Å². The van der Waals surface area contributed by atoms with E-state index < -0.39 is 123 Å². The highest BCUT2D eigenvalue weighted by Gasteiger charge is 2.47. The van der Waals surface area contributed by atoms with E-state index in [1.54, 1.807) is 46.8 Å². The second-order valence-electron chi connectivity index (χ2n) is 17.2. The largest absolute Gasteiger partial charge is 0.508 e. The summed E-state index contributed by atoms with van der Waals surface area (Å²) >= 11 is 0. The van der Waals surface area contributed by atoms with Gasteiger partial charge in [-0.25, -0.2) is 0 Å². The fraction of sp³-hybridized carbons (Fsp3) is 0.857. The summed E-state index contributed by atoms with van der Waals surface area (Å²) in [5.41, 5.74) is 0. The van der Waals surface area contributed by atoms with Gasteiger partial charge < -0.3 is 87.5 Å². The zero-order chi connectivity index (χ0) is 42.8. The van der Waals surface area contributed by atoms with Crippen molar-refractivity contribution in [1.82, 2.24) is 0 Å². The molecule has 60 heavy (non-hydrogen) atoms. The van der Waals surface area contributed by atoms with Gasteiger partial charge >= 0.3 is 0 Å². The Kier molecular flexibility index (Phi) is 15.7. The van der Waals surface area contributed by atoms with Gasteiger partial charge in [0, 0.05) is 38.5 Å². The normalized spacial score (nSPS) is 48.0. The predicted molar refractivity (Wildman–Crippen MR) is 206 cm³/mol. The Morgan fingerprint density at radius 3 is 1.42 bits per heavy atom. The lowest BCUT2D eigenvalue weighted by molar-refractivity contribution is -0.341. The molecule has 342 valence electrons. The first kappa shape index (κ1) is 46.2. The number of ether oxygens (including phenoxy) is 12. The molecular weight excluding hydrogens is 792 g/mol. The lowest BCUT2D eigenvalue weighted by atomic mass is 9.99. The minimum atomic E-state index is -0.948. The first-order valence-corrected chi connectivity index (χ1v) is 21.7. The highest BCUT2D eigenvalue weighted by molar-refractivity contribution is 5.30. The van der Waals surface area contributed by atoms with Crippen molar-refractivity contribution in [3.8, 4) is 11.5 Å². The molecule has 22 atom stereocenters. The molecule has 6 saturated heterocycles. The van der Waals surface area contributed by atoms with Crippen molar-refractivity contribution in [2.75, 3.05) is 0 Å². The smallest absolute Gasteiger partial charge is 0.202 e. The molecule has 6 aliphatic heterocycles. The molecule has 6 aliphatic rings. The van der Waals surface area contributed by atoms with Crippen molar-refractivity contribution in [1.29, 1.82) is 0 Å². The number of phenols is 1. The van der Waals surface area contributed by atoms with E-state index in [1.165, 1.54) is 12.1 Å². The van der Waals surface area contributed by atoms with Gasteiger partial charge in [-0.2, -0.15) is 0 Å². The zero-order valence-electron chi connectivity index (χ0n) is 35.3. The van der Waals surface area contributed by atoms with Gasteiger partial charge in [0.15, 0.2) is 31.5 Å². The van der Waals surface area contributed by atoms with Gasteiger partial charge in [0.05, 0.1) is 73.2 Å². The number of aliphatic hydroxyl groups is 5. The second kappa shape index (κ2) is 20.3. The van der Waals surface area contributed by atoms with Crippen molar-refractivity contribution in [3.63, 3.8) is 0 Å². The van der Waals surface area contributed by atoms with E-state index in [-0.39, 0.29) is 43.6 Å². The Balaban J connectivity index is 0.833. The Morgan fingerprint density at radius 2 is 0.850 bits per heavy atom. The maximum atomic E-state index is 11.2. The molecule has 6 N–H and O–H groups in total. The lowest BCUT2D eigenvalue weighted by Crippen LogP contribution is -2.56. The van der Waals surface area contributed by atoms with E-state index in [0.29, 0.717) is 31.4 Å². The molecule has 18 nitrogen and oxygen atoms in total. The quantitative estimate of drug-likeness (QED) is 0.177. The Morgan fingerprint density at radius 1 is 0.417 bits per heavy atom. The van der Waals surface area contributed by atoms with Gasteiger partial charge in [-0.1, -0.05) is 0 Å². The Hall–Kier alpha value is -1.82. The maximum Gasteiger partial charge on any atom is 0.202 e. The number of aromatic hydroxyl groups is 1. The van der Waals surface area contributed by atoms with Crippen LogP contribution in [0, 0.1) is 0 Å². The number of hydrogen-bond donors (Lipinski definition) is 6. The third kappa shape index (κ3) is 11.5. The van der Waals surface area contributed by atoms with Gasteiger partial charge in [0.25, 0.3) is 0 Å². The summed E-state index contributed by atoms with van der Waals surface area (Å²) in [4.78, 5) is 0. The van der Waals surface area contributed by atoms with Crippen LogP contribution in [-0.4, -0.2) is 166 Å². The zero-order valence-corrected chi connectivity index (χ0v) is 35.3. The van der Waals surface area contributed by atoms with Crippen molar-refractivity contribution in [2.24, 2.45) is 0 Å². The van der Waals surface area contributed by atoms with Crippen LogP contribution in [0.2, 0.25) is 0 Å². The molecule has 0 radical (unpaired) electrons. The molecular formula is C42H66O18. The van der Waals surface area contributed by atoms with Crippen LogP contribution in [0.4, 0.5) is 0 Å². The van der Waals surface area contributed by atoms with Crippen LogP contribution in [0.25, 0.3) is 0 Å². The average Bonchev–Trinajstić information content (AvgIpc) is 3.18. The van der Waals surface area contributed by atoms with E-state index in [4.69, 9.17) is 56.8 Å². The third-order valence-electron chi connectivity index (χ3n) is 12.4. The highest BCUT2D eigenvalue weighted by Crippen LogP contribution is 2.36. The second-order valence-corrected chi connectivity index (χ2v) is 17.2. The van der Waals surface area contributed by atoms with E-state index >= 15 is 0 Å². The number of benzene rings is 1. The summed E-state index contributed by atoms with van der Waals surface area (Å²) in [6.07, 6.45) is -11.8. The summed E-state index contributed by atoms with van der Waals surface area (Å²) in [6, 6.07) is 6.25. The molecule has 0 bridgehead atoms. The minimum absolute atomic E-state index is 0.115. The van der Waals surface area contributed by atoms with E-state index in [0.717, 1.165) is 0 Å². The molecule has 7 rings (SSSR count). The minimum Gasteiger partial charge on any atom is -0.508 e. The summed E-state index contributed by atoms with van der Waals surface area (Å²) < 4.78 is 73.2. The van der Waals surface area contributed by atoms with Crippen molar-refractivity contribution < 1.29 is 87.5 Å². The average molecular weight is 859 g/mol. The summed E-state index contributed by atoms with van der Waals surface area (Å²) in [5.74, 6) is 0.611. The molecule has 1 aromatic carbocycles. The fourth-order valence-corrected chi connectivity index (χ4v) is 8.98. The molecule has 1 aromatic rings. The molecule has 0 spiro atoms. The van der Waals surface area contributed by atoms with E-state index in [1.807, 2.05) is 6.92 Å². The monoisotopic (exact) mass is 858 g/mol. The molecule has 0 aromatic heterocycles. The molecule has 0 saturated carbocycles. The van der Waals surface area contributed by atoms with Gasteiger partial charge in [-0.3, -0.25) is 0 Å². The number of aliphatic hydroxyl groups excluding tert-OH is 5.